The van der Waals surface area contributed by atoms with Gasteiger partial charge in [0.15, 0.2) is 23.2 Å². The highest BCUT2D eigenvalue weighted by atomic mass is 35.5. The van der Waals surface area contributed by atoms with Crippen LogP contribution in [0.4, 0.5) is 17.6 Å². The summed E-state index contributed by atoms with van der Waals surface area (Å²) in [6.07, 6.45) is 0.615. The van der Waals surface area contributed by atoms with Gasteiger partial charge >= 0.3 is 0 Å². The van der Waals surface area contributed by atoms with Crippen molar-refractivity contribution >= 4 is 24.5 Å². The lowest BCUT2D eigenvalue weighted by molar-refractivity contribution is -0.122. The van der Waals surface area contributed by atoms with Crippen LogP contribution in [0, 0.1) is 29.2 Å². The Bertz CT molecular complexity index is 530. The number of carbonyl (C=O) groups excluding carboxylic acids is 2. The zero-order valence-corrected chi connectivity index (χ0v) is 12.3. The molecule has 0 amide bonds. The molecule has 1 aromatic carbocycles. The van der Waals surface area contributed by atoms with Crippen LogP contribution in [0.5, 0.6) is 5.75 Å². The van der Waals surface area contributed by atoms with E-state index in [0.717, 1.165) is 0 Å². The van der Waals surface area contributed by atoms with Gasteiger partial charge in [-0.05, 0) is 6.42 Å². The predicted molar refractivity (Wildman–Crippen MR) is 71.8 cm³/mol. The molecular weight excluding hydrogens is 330 g/mol. The standard InChI is InChI=1S/C13H13F4NO3.ClH/c1-6(4-19)2-9(18)10(20)5-21-13-11(16)7(14)3-8(15)12(13)17;/h3-4,6,9H,2,5,18H2,1H3;1H. The Morgan fingerprint density at radius 3 is 2.23 bits per heavy atom. The summed E-state index contributed by atoms with van der Waals surface area (Å²) in [5.41, 5.74) is 5.47. The fraction of sp³-hybridized carbons (Fsp3) is 0.385. The predicted octanol–water partition coefficient (Wildman–Crippen LogP) is 2.17. The van der Waals surface area contributed by atoms with Crippen molar-refractivity contribution in [3.63, 3.8) is 0 Å². The first-order valence-corrected chi connectivity index (χ1v) is 5.97. The molecule has 124 valence electrons. The van der Waals surface area contributed by atoms with E-state index in [1.807, 2.05) is 0 Å². The average Bonchev–Trinajstić information content (AvgIpc) is 2.44. The van der Waals surface area contributed by atoms with Gasteiger partial charge in [0.1, 0.15) is 12.9 Å². The lowest BCUT2D eigenvalue weighted by atomic mass is 10.0. The Hall–Kier alpha value is -1.67. The number of carbonyl (C=O) groups is 2. The summed E-state index contributed by atoms with van der Waals surface area (Å²) >= 11 is 0. The molecule has 0 heterocycles. The minimum Gasteiger partial charge on any atom is -0.479 e. The van der Waals surface area contributed by atoms with Crippen molar-refractivity contribution in [3.8, 4) is 5.75 Å². The van der Waals surface area contributed by atoms with E-state index in [0.29, 0.717) is 6.29 Å². The topological polar surface area (TPSA) is 69.4 Å². The van der Waals surface area contributed by atoms with Gasteiger partial charge in [-0.1, -0.05) is 6.92 Å². The van der Waals surface area contributed by atoms with Crippen LogP contribution in [-0.4, -0.2) is 24.7 Å². The molecular formula is C13H14ClF4NO3. The van der Waals surface area contributed by atoms with E-state index in [4.69, 9.17) is 5.73 Å². The number of hydrogen-bond donors (Lipinski definition) is 1. The summed E-state index contributed by atoms with van der Waals surface area (Å²) in [5, 5.41) is 0. The van der Waals surface area contributed by atoms with Crippen LogP contribution in [-0.2, 0) is 9.59 Å². The van der Waals surface area contributed by atoms with Crippen LogP contribution in [0.1, 0.15) is 13.3 Å². The van der Waals surface area contributed by atoms with E-state index < -0.39 is 53.4 Å². The summed E-state index contributed by atoms with van der Waals surface area (Å²) in [6, 6.07) is -1.06. The second-order valence-electron chi connectivity index (χ2n) is 4.51. The molecule has 0 aromatic heterocycles. The summed E-state index contributed by atoms with van der Waals surface area (Å²) in [4.78, 5) is 22.0. The van der Waals surface area contributed by atoms with Gasteiger partial charge in [-0.3, -0.25) is 4.79 Å². The van der Waals surface area contributed by atoms with E-state index in [1.54, 1.807) is 0 Å². The van der Waals surface area contributed by atoms with Crippen LogP contribution in [0.25, 0.3) is 0 Å². The Balaban J connectivity index is 0.00000441. The number of halogens is 5. The molecule has 0 saturated carbocycles. The highest BCUT2D eigenvalue weighted by molar-refractivity contribution is 5.85. The minimum atomic E-state index is -1.74. The third kappa shape index (κ3) is 4.96. The lowest BCUT2D eigenvalue weighted by Gasteiger charge is -2.13. The molecule has 0 radical (unpaired) electrons. The average molecular weight is 344 g/mol. The largest absolute Gasteiger partial charge is 0.479 e. The second kappa shape index (κ2) is 8.70. The monoisotopic (exact) mass is 343 g/mol. The first-order chi connectivity index (χ1) is 9.77. The lowest BCUT2D eigenvalue weighted by Crippen LogP contribution is -2.36. The Labute approximate surface area is 130 Å². The van der Waals surface area contributed by atoms with Crippen molar-refractivity contribution < 1.29 is 31.9 Å². The molecule has 2 N–H and O–H groups in total. The van der Waals surface area contributed by atoms with Gasteiger partial charge in [0.25, 0.3) is 0 Å². The summed E-state index contributed by atoms with van der Waals surface area (Å²) in [5.74, 6) is -9.33. The summed E-state index contributed by atoms with van der Waals surface area (Å²) in [6.45, 7) is 0.658. The van der Waals surface area contributed by atoms with E-state index in [2.05, 4.69) is 4.74 Å². The summed E-state index contributed by atoms with van der Waals surface area (Å²) in [7, 11) is 0. The number of Topliss-reactive ketones (excluding diaryl/α,β-unsaturated/α-hetero) is 1. The van der Waals surface area contributed by atoms with Crippen molar-refractivity contribution in [1.29, 1.82) is 0 Å². The first kappa shape index (κ1) is 20.3. The fourth-order valence-electron chi connectivity index (χ4n) is 1.52. The van der Waals surface area contributed by atoms with Gasteiger partial charge in [0, 0.05) is 12.0 Å². The van der Waals surface area contributed by atoms with Crippen LogP contribution < -0.4 is 10.5 Å². The molecule has 22 heavy (non-hydrogen) atoms. The zero-order valence-electron chi connectivity index (χ0n) is 11.4. The SMILES string of the molecule is CC(C=O)CC(N)C(=O)COc1c(F)c(F)cc(F)c1F.Cl. The molecule has 0 saturated heterocycles. The molecule has 0 aliphatic rings. The Morgan fingerprint density at radius 2 is 1.77 bits per heavy atom. The van der Waals surface area contributed by atoms with E-state index in [9.17, 15) is 27.2 Å². The third-order valence-corrected chi connectivity index (χ3v) is 2.70. The number of benzene rings is 1. The van der Waals surface area contributed by atoms with Crippen LogP contribution in [0.2, 0.25) is 0 Å². The molecule has 9 heteroatoms. The minimum absolute atomic E-state index is 0. The highest BCUT2D eigenvalue weighted by Gasteiger charge is 2.23. The van der Waals surface area contributed by atoms with Gasteiger partial charge in [-0.25, -0.2) is 8.78 Å². The second-order valence-corrected chi connectivity index (χ2v) is 4.51. The zero-order chi connectivity index (χ0) is 16.2. The first-order valence-electron chi connectivity index (χ1n) is 5.97. The van der Waals surface area contributed by atoms with Crippen LogP contribution in [0.3, 0.4) is 0 Å². The molecule has 0 fully saturated rings. The third-order valence-electron chi connectivity index (χ3n) is 2.70. The number of hydrogen-bond acceptors (Lipinski definition) is 4. The molecule has 0 aliphatic heterocycles. The number of aldehydes is 1. The van der Waals surface area contributed by atoms with Crippen molar-refractivity contribution in [3.05, 3.63) is 29.3 Å². The van der Waals surface area contributed by atoms with Crippen molar-refractivity contribution in [2.24, 2.45) is 11.7 Å². The van der Waals surface area contributed by atoms with Crippen molar-refractivity contribution in [2.45, 2.75) is 19.4 Å². The normalized spacial score (nSPS) is 13.0. The molecule has 0 bridgehead atoms. The maximum absolute atomic E-state index is 13.3. The quantitative estimate of drug-likeness (QED) is 0.468. The van der Waals surface area contributed by atoms with E-state index in [-0.39, 0.29) is 24.9 Å². The van der Waals surface area contributed by atoms with Crippen LogP contribution in [0.15, 0.2) is 6.07 Å². The fourth-order valence-corrected chi connectivity index (χ4v) is 1.52. The molecule has 1 rings (SSSR count). The van der Waals surface area contributed by atoms with Crippen molar-refractivity contribution in [2.75, 3.05) is 6.61 Å². The summed E-state index contributed by atoms with van der Waals surface area (Å²) < 4.78 is 56.8. The van der Waals surface area contributed by atoms with Gasteiger partial charge in [0.05, 0.1) is 6.04 Å². The van der Waals surface area contributed by atoms with Gasteiger partial charge in [-0.15, -0.1) is 12.4 Å². The molecule has 4 nitrogen and oxygen atoms in total. The van der Waals surface area contributed by atoms with Gasteiger partial charge < -0.3 is 15.3 Å². The number of ether oxygens (including phenoxy) is 1. The smallest absolute Gasteiger partial charge is 0.203 e. The number of rotatable bonds is 7. The van der Waals surface area contributed by atoms with Gasteiger partial charge in [0.2, 0.25) is 11.6 Å². The van der Waals surface area contributed by atoms with Crippen molar-refractivity contribution in [1.82, 2.24) is 0 Å². The maximum atomic E-state index is 13.3. The highest BCUT2D eigenvalue weighted by Crippen LogP contribution is 2.26. The molecule has 0 aliphatic carbocycles. The van der Waals surface area contributed by atoms with E-state index >= 15 is 0 Å². The Kier molecular flexibility index (Phi) is 8.04. The molecule has 0 spiro atoms. The maximum Gasteiger partial charge on any atom is 0.203 e. The Morgan fingerprint density at radius 1 is 1.27 bits per heavy atom. The number of nitrogens with two attached hydrogens (primary N) is 1. The van der Waals surface area contributed by atoms with E-state index in [1.165, 1.54) is 6.92 Å². The molecule has 2 unspecified atom stereocenters. The molecule has 2 atom stereocenters. The molecule has 1 aromatic rings. The van der Waals surface area contributed by atoms with Crippen LogP contribution >= 0.6 is 12.4 Å². The van der Waals surface area contributed by atoms with Gasteiger partial charge in [-0.2, -0.15) is 8.78 Å². The number of ketones is 1.